The van der Waals surface area contributed by atoms with Gasteiger partial charge in [-0.3, -0.25) is 4.52 Å². The lowest BCUT2D eigenvalue weighted by Crippen LogP contribution is -2.00. The highest BCUT2D eigenvalue weighted by Crippen LogP contribution is 2.41. The summed E-state index contributed by atoms with van der Waals surface area (Å²) in [5, 5.41) is 0. The molecule has 0 amide bonds. The molecule has 0 saturated carbocycles. The fraction of sp³-hybridized carbons (Fsp3) is 0.200. The van der Waals surface area contributed by atoms with Crippen LogP contribution in [0.3, 0.4) is 0 Å². The molecule has 0 unspecified atom stereocenters. The number of rotatable bonds is 7. The molecule has 0 bridgehead atoms. The molecule has 0 saturated heterocycles. The van der Waals surface area contributed by atoms with E-state index < -0.39 is 8.60 Å². The first-order valence-electron chi connectivity index (χ1n) is 6.27. The minimum absolute atomic E-state index is 0.616. The van der Waals surface area contributed by atoms with Crippen molar-refractivity contribution >= 4 is 8.60 Å². The first kappa shape index (κ1) is 13.9. The summed E-state index contributed by atoms with van der Waals surface area (Å²) in [6.45, 7) is 2.67. The van der Waals surface area contributed by atoms with Crippen LogP contribution < -0.4 is 9.05 Å². The van der Waals surface area contributed by atoms with Crippen LogP contribution in [0.2, 0.25) is 0 Å². The van der Waals surface area contributed by atoms with Gasteiger partial charge in [-0.2, -0.15) is 0 Å². The van der Waals surface area contributed by atoms with Gasteiger partial charge in [-0.05, 0) is 30.7 Å². The Labute approximate surface area is 115 Å². The maximum atomic E-state index is 5.74. The van der Waals surface area contributed by atoms with Gasteiger partial charge in [0.2, 0.25) is 0 Å². The molecule has 2 rings (SSSR count). The Kier molecular flexibility index (Phi) is 5.67. The number of hydrogen-bond acceptors (Lipinski definition) is 3. The quantitative estimate of drug-likeness (QED) is 0.680. The summed E-state index contributed by atoms with van der Waals surface area (Å²) >= 11 is 0. The number of para-hydroxylation sites is 2. The number of hydrogen-bond donors (Lipinski definition) is 0. The summed E-state index contributed by atoms with van der Waals surface area (Å²) in [6.07, 6.45) is 0.926. The molecule has 0 aliphatic carbocycles. The van der Waals surface area contributed by atoms with E-state index in [0.29, 0.717) is 6.61 Å². The lowest BCUT2D eigenvalue weighted by Gasteiger charge is -2.17. The molecule has 0 heterocycles. The van der Waals surface area contributed by atoms with E-state index in [1.807, 2.05) is 60.7 Å². The zero-order valence-corrected chi connectivity index (χ0v) is 11.8. The van der Waals surface area contributed by atoms with E-state index in [4.69, 9.17) is 13.6 Å². The van der Waals surface area contributed by atoms with Crippen LogP contribution in [0.25, 0.3) is 0 Å². The predicted octanol–water partition coefficient (Wildman–Crippen LogP) is 4.80. The molecule has 4 heteroatoms. The van der Waals surface area contributed by atoms with E-state index in [0.717, 1.165) is 17.9 Å². The summed E-state index contributed by atoms with van der Waals surface area (Å²) in [5.74, 6) is 1.50. The molecule has 0 atom stereocenters. The second-order valence-corrected chi connectivity index (χ2v) is 4.94. The Hall–Kier alpha value is -1.57. The summed E-state index contributed by atoms with van der Waals surface area (Å²) in [4.78, 5) is 0. The zero-order valence-electron chi connectivity index (χ0n) is 10.9. The predicted molar refractivity (Wildman–Crippen MR) is 77.3 cm³/mol. The highest BCUT2D eigenvalue weighted by molar-refractivity contribution is 7.42. The van der Waals surface area contributed by atoms with Crippen molar-refractivity contribution in [2.24, 2.45) is 0 Å². The van der Waals surface area contributed by atoms with Crippen LogP contribution in [0.1, 0.15) is 13.3 Å². The first-order valence-corrected chi connectivity index (χ1v) is 7.37. The van der Waals surface area contributed by atoms with E-state index in [9.17, 15) is 0 Å². The Bertz CT molecular complexity index is 420. The fourth-order valence-corrected chi connectivity index (χ4v) is 2.43. The van der Waals surface area contributed by atoms with Crippen molar-refractivity contribution in [3.05, 3.63) is 60.7 Å². The third kappa shape index (κ3) is 4.90. The Balaban J connectivity index is 1.99. The van der Waals surface area contributed by atoms with Crippen LogP contribution in [0.5, 0.6) is 11.5 Å². The second-order valence-electron chi connectivity index (χ2n) is 3.87. The second kappa shape index (κ2) is 7.78. The lowest BCUT2D eigenvalue weighted by molar-refractivity contribution is 0.266. The first-order chi connectivity index (χ1) is 9.38. The third-order valence-corrected chi connectivity index (χ3v) is 3.36. The molecule has 2 aromatic carbocycles. The topological polar surface area (TPSA) is 27.7 Å². The minimum Gasteiger partial charge on any atom is -0.418 e. The summed E-state index contributed by atoms with van der Waals surface area (Å²) in [5.41, 5.74) is 0. The van der Waals surface area contributed by atoms with Crippen molar-refractivity contribution < 1.29 is 13.6 Å². The smallest absolute Gasteiger partial charge is 0.418 e. The van der Waals surface area contributed by atoms with Crippen molar-refractivity contribution in [3.8, 4) is 11.5 Å². The molecular weight excluding hydrogens is 259 g/mol. The highest BCUT2D eigenvalue weighted by atomic mass is 31.2. The third-order valence-electron chi connectivity index (χ3n) is 2.25. The van der Waals surface area contributed by atoms with E-state index in [1.54, 1.807) is 0 Å². The number of benzene rings is 2. The van der Waals surface area contributed by atoms with Crippen LogP contribution in [-0.4, -0.2) is 6.61 Å². The Morgan fingerprint density at radius 2 is 1.26 bits per heavy atom. The van der Waals surface area contributed by atoms with E-state index in [2.05, 4.69) is 6.92 Å². The van der Waals surface area contributed by atoms with Crippen molar-refractivity contribution in [1.82, 2.24) is 0 Å². The van der Waals surface area contributed by atoms with Crippen LogP contribution in [0.15, 0.2) is 60.7 Å². The molecular formula is C15H17O3P. The fourth-order valence-electron chi connectivity index (χ4n) is 1.37. The van der Waals surface area contributed by atoms with Crippen LogP contribution in [-0.2, 0) is 4.52 Å². The normalized spacial score (nSPS) is 10.4. The molecule has 0 fully saturated rings. The maximum Gasteiger partial charge on any atom is 0.463 e. The zero-order chi connectivity index (χ0) is 13.3. The van der Waals surface area contributed by atoms with Gasteiger partial charge in [0.1, 0.15) is 11.5 Å². The van der Waals surface area contributed by atoms with Crippen LogP contribution in [0.4, 0.5) is 0 Å². The van der Waals surface area contributed by atoms with Crippen molar-refractivity contribution in [2.75, 3.05) is 6.61 Å². The van der Waals surface area contributed by atoms with Gasteiger partial charge in [0, 0.05) is 0 Å². The average molecular weight is 276 g/mol. The van der Waals surface area contributed by atoms with E-state index in [-0.39, 0.29) is 0 Å². The molecule has 0 aliphatic heterocycles. The van der Waals surface area contributed by atoms with Crippen molar-refractivity contribution in [2.45, 2.75) is 13.3 Å². The molecule has 100 valence electrons. The van der Waals surface area contributed by atoms with Gasteiger partial charge < -0.3 is 9.05 Å². The average Bonchev–Trinajstić information content (AvgIpc) is 2.47. The molecule has 19 heavy (non-hydrogen) atoms. The van der Waals surface area contributed by atoms with Crippen LogP contribution >= 0.6 is 8.60 Å². The standard InChI is InChI=1S/C15H17O3P/c1-2-13-16-19(17-14-9-5-3-6-10-14)18-15-11-7-4-8-12-15/h3-12H,2,13H2,1H3. The molecule has 3 nitrogen and oxygen atoms in total. The molecule has 0 radical (unpaired) electrons. The van der Waals surface area contributed by atoms with Gasteiger partial charge in [-0.15, -0.1) is 0 Å². The van der Waals surface area contributed by atoms with Gasteiger partial charge in [0.15, 0.2) is 0 Å². The summed E-state index contributed by atoms with van der Waals surface area (Å²) in [6, 6.07) is 19.1. The van der Waals surface area contributed by atoms with Crippen molar-refractivity contribution in [3.63, 3.8) is 0 Å². The van der Waals surface area contributed by atoms with Gasteiger partial charge in [-0.1, -0.05) is 43.3 Å². The van der Waals surface area contributed by atoms with Crippen molar-refractivity contribution in [1.29, 1.82) is 0 Å². The SMILES string of the molecule is CCCOP(Oc1ccccc1)Oc1ccccc1. The van der Waals surface area contributed by atoms with Gasteiger partial charge >= 0.3 is 8.60 Å². The molecule has 0 aliphatic rings. The van der Waals surface area contributed by atoms with Gasteiger partial charge in [0.05, 0.1) is 6.61 Å². The molecule has 2 aromatic rings. The summed E-state index contributed by atoms with van der Waals surface area (Å²) in [7, 11) is -1.42. The molecule has 0 aromatic heterocycles. The van der Waals surface area contributed by atoms with Crippen LogP contribution in [0, 0.1) is 0 Å². The minimum atomic E-state index is -1.42. The molecule has 0 spiro atoms. The monoisotopic (exact) mass is 276 g/mol. The van der Waals surface area contributed by atoms with Gasteiger partial charge in [0.25, 0.3) is 0 Å². The Morgan fingerprint density at radius 1 is 0.789 bits per heavy atom. The van der Waals surface area contributed by atoms with Gasteiger partial charge in [-0.25, -0.2) is 0 Å². The molecule has 0 N–H and O–H groups in total. The highest BCUT2D eigenvalue weighted by Gasteiger charge is 2.16. The van der Waals surface area contributed by atoms with E-state index >= 15 is 0 Å². The van der Waals surface area contributed by atoms with E-state index in [1.165, 1.54) is 0 Å². The lowest BCUT2D eigenvalue weighted by atomic mass is 10.3. The largest absolute Gasteiger partial charge is 0.463 e. The summed E-state index contributed by atoms with van der Waals surface area (Å²) < 4.78 is 17.1. The maximum absolute atomic E-state index is 5.74. The Morgan fingerprint density at radius 3 is 1.68 bits per heavy atom.